The third-order valence-corrected chi connectivity index (χ3v) is 3.46. The zero-order valence-corrected chi connectivity index (χ0v) is 10.6. The molecule has 3 nitrogen and oxygen atoms in total. The molecular weight excluding hydrogens is 188 g/mol. The van der Waals surface area contributed by atoms with Crippen molar-refractivity contribution in [3.63, 3.8) is 0 Å². The van der Waals surface area contributed by atoms with Gasteiger partial charge in [-0.15, -0.1) is 0 Å². The summed E-state index contributed by atoms with van der Waals surface area (Å²) in [5.74, 6) is 0.674. The zero-order chi connectivity index (χ0) is 11.4. The quantitative estimate of drug-likeness (QED) is 0.770. The van der Waals surface area contributed by atoms with Gasteiger partial charge in [-0.25, -0.2) is 0 Å². The monoisotopic (exact) mass is 214 g/mol. The second-order valence-electron chi connectivity index (χ2n) is 4.90. The summed E-state index contributed by atoms with van der Waals surface area (Å²) >= 11 is 0. The topological polar surface area (TPSA) is 38.5 Å². The summed E-state index contributed by atoms with van der Waals surface area (Å²) in [4.78, 5) is 2.51. The predicted octanol–water partition coefficient (Wildman–Crippen LogP) is 1.47. The maximum absolute atomic E-state index is 5.89. The molecule has 0 amide bonds. The molecule has 1 aliphatic heterocycles. The highest BCUT2D eigenvalue weighted by Gasteiger charge is 2.29. The van der Waals surface area contributed by atoms with Crippen molar-refractivity contribution >= 4 is 0 Å². The first-order valence-electron chi connectivity index (χ1n) is 6.18. The molecule has 2 N–H and O–H groups in total. The van der Waals surface area contributed by atoms with Crippen molar-refractivity contribution in [2.24, 2.45) is 11.7 Å². The Morgan fingerprint density at radius 1 is 1.33 bits per heavy atom. The highest BCUT2D eigenvalue weighted by Crippen LogP contribution is 2.19. The van der Waals surface area contributed by atoms with Crippen LogP contribution >= 0.6 is 0 Å². The van der Waals surface area contributed by atoms with Gasteiger partial charge in [0.1, 0.15) is 0 Å². The Kier molecular flexibility index (Phi) is 5.03. The van der Waals surface area contributed by atoms with Crippen LogP contribution in [-0.4, -0.2) is 42.8 Å². The average molecular weight is 214 g/mol. The molecule has 4 atom stereocenters. The van der Waals surface area contributed by atoms with Gasteiger partial charge < -0.3 is 10.5 Å². The fourth-order valence-electron chi connectivity index (χ4n) is 2.50. The molecular formula is C12H26N2O. The molecule has 0 spiro atoms. The summed E-state index contributed by atoms with van der Waals surface area (Å²) in [7, 11) is 0. The van der Waals surface area contributed by atoms with Crippen LogP contribution in [0, 0.1) is 5.92 Å². The van der Waals surface area contributed by atoms with Crippen molar-refractivity contribution in [3.8, 4) is 0 Å². The van der Waals surface area contributed by atoms with Crippen LogP contribution in [0.1, 0.15) is 34.1 Å². The third kappa shape index (κ3) is 3.44. The molecule has 1 aliphatic rings. The smallest absolute Gasteiger partial charge is 0.0678 e. The number of nitrogens with zero attached hydrogens (tertiary/aromatic N) is 1. The van der Waals surface area contributed by atoms with Crippen molar-refractivity contribution < 1.29 is 4.74 Å². The van der Waals surface area contributed by atoms with Crippen molar-refractivity contribution in [2.45, 2.75) is 52.4 Å². The maximum Gasteiger partial charge on any atom is 0.0678 e. The minimum absolute atomic E-state index is 0.340. The van der Waals surface area contributed by atoms with E-state index in [1.165, 1.54) is 6.42 Å². The summed E-state index contributed by atoms with van der Waals surface area (Å²) in [5, 5.41) is 0. The molecule has 1 fully saturated rings. The molecule has 0 aromatic rings. The van der Waals surface area contributed by atoms with E-state index in [0.29, 0.717) is 24.2 Å². The summed E-state index contributed by atoms with van der Waals surface area (Å²) in [5.41, 5.74) is 5.89. The van der Waals surface area contributed by atoms with Gasteiger partial charge >= 0.3 is 0 Å². The Bertz CT molecular complexity index is 176. The van der Waals surface area contributed by atoms with Crippen LogP contribution < -0.4 is 5.73 Å². The van der Waals surface area contributed by atoms with Gasteiger partial charge in [0.15, 0.2) is 0 Å². The van der Waals surface area contributed by atoms with E-state index in [1.807, 2.05) is 0 Å². The van der Waals surface area contributed by atoms with Crippen LogP contribution in [0.25, 0.3) is 0 Å². The van der Waals surface area contributed by atoms with Crippen LogP contribution in [0.15, 0.2) is 0 Å². The van der Waals surface area contributed by atoms with Crippen molar-refractivity contribution in [3.05, 3.63) is 0 Å². The Balaban J connectivity index is 2.58. The SMILES string of the molecule is CCC(C)C(CN)N1CC(C)OC(C)C1. The molecule has 0 bridgehead atoms. The molecule has 0 radical (unpaired) electrons. The van der Waals surface area contributed by atoms with Gasteiger partial charge in [0.05, 0.1) is 12.2 Å². The Morgan fingerprint density at radius 2 is 1.87 bits per heavy atom. The van der Waals surface area contributed by atoms with Crippen LogP contribution in [0.3, 0.4) is 0 Å². The normalized spacial score (nSPS) is 32.6. The van der Waals surface area contributed by atoms with Crippen molar-refractivity contribution in [1.82, 2.24) is 4.90 Å². The molecule has 1 heterocycles. The minimum atomic E-state index is 0.340. The number of hydrogen-bond acceptors (Lipinski definition) is 3. The Hall–Kier alpha value is -0.120. The van der Waals surface area contributed by atoms with E-state index in [-0.39, 0.29) is 0 Å². The number of morpholine rings is 1. The number of rotatable bonds is 4. The van der Waals surface area contributed by atoms with E-state index in [9.17, 15) is 0 Å². The van der Waals surface area contributed by atoms with Crippen LogP contribution in [0.5, 0.6) is 0 Å². The summed E-state index contributed by atoms with van der Waals surface area (Å²) in [6.07, 6.45) is 1.88. The van der Waals surface area contributed by atoms with E-state index in [1.54, 1.807) is 0 Å². The first kappa shape index (κ1) is 12.9. The van der Waals surface area contributed by atoms with E-state index in [0.717, 1.165) is 19.6 Å². The van der Waals surface area contributed by atoms with Gasteiger partial charge in [-0.1, -0.05) is 20.3 Å². The van der Waals surface area contributed by atoms with Gasteiger partial charge in [0, 0.05) is 25.7 Å². The van der Waals surface area contributed by atoms with E-state index in [2.05, 4.69) is 32.6 Å². The number of ether oxygens (including phenoxy) is 1. The second kappa shape index (κ2) is 5.83. The molecule has 3 heteroatoms. The molecule has 0 aromatic heterocycles. The van der Waals surface area contributed by atoms with Crippen LogP contribution in [0.4, 0.5) is 0 Å². The maximum atomic E-state index is 5.89. The summed E-state index contributed by atoms with van der Waals surface area (Å²) in [6, 6.07) is 0.517. The highest BCUT2D eigenvalue weighted by molar-refractivity contribution is 4.83. The van der Waals surface area contributed by atoms with Crippen molar-refractivity contribution in [2.75, 3.05) is 19.6 Å². The lowest BCUT2D eigenvalue weighted by atomic mass is 9.96. The molecule has 0 aliphatic carbocycles. The summed E-state index contributed by atoms with van der Waals surface area (Å²) < 4.78 is 5.74. The minimum Gasteiger partial charge on any atom is -0.373 e. The Morgan fingerprint density at radius 3 is 2.27 bits per heavy atom. The molecule has 0 saturated carbocycles. The molecule has 0 aromatic carbocycles. The first-order valence-corrected chi connectivity index (χ1v) is 6.18. The van der Waals surface area contributed by atoms with Crippen molar-refractivity contribution in [1.29, 1.82) is 0 Å². The predicted molar refractivity (Wildman–Crippen MR) is 63.9 cm³/mol. The largest absolute Gasteiger partial charge is 0.373 e. The Labute approximate surface area is 94.0 Å². The molecule has 1 saturated heterocycles. The lowest BCUT2D eigenvalue weighted by Gasteiger charge is -2.42. The van der Waals surface area contributed by atoms with Gasteiger partial charge in [-0.05, 0) is 19.8 Å². The number of hydrogen-bond donors (Lipinski definition) is 1. The highest BCUT2D eigenvalue weighted by atomic mass is 16.5. The molecule has 90 valence electrons. The van der Waals surface area contributed by atoms with Crippen LogP contribution in [-0.2, 0) is 4.74 Å². The zero-order valence-electron chi connectivity index (χ0n) is 10.6. The fraction of sp³-hybridized carbons (Fsp3) is 1.00. The molecule has 15 heavy (non-hydrogen) atoms. The lowest BCUT2D eigenvalue weighted by molar-refractivity contribution is -0.0851. The second-order valence-corrected chi connectivity index (χ2v) is 4.90. The average Bonchev–Trinajstić information content (AvgIpc) is 2.17. The van der Waals surface area contributed by atoms with Gasteiger partial charge in [0.2, 0.25) is 0 Å². The first-order chi connectivity index (χ1) is 7.08. The lowest BCUT2D eigenvalue weighted by Crippen LogP contribution is -2.54. The van der Waals surface area contributed by atoms with Gasteiger partial charge in [-0.2, -0.15) is 0 Å². The van der Waals surface area contributed by atoms with E-state index in [4.69, 9.17) is 10.5 Å². The standard InChI is InChI=1S/C12H26N2O/c1-5-9(2)12(6-13)14-7-10(3)15-11(4)8-14/h9-12H,5-8,13H2,1-4H3. The molecule has 4 unspecified atom stereocenters. The molecule has 1 rings (SSSR count). The number of nitrogens with two attached hydrogens (primary N) is 1. The van der Waals surface area contributed by atoms with E-state index < -0.39 is 0 Å². The van der Waals surface area contributed by atoms with Gasteiger partial charge in [0.25, 0.3) is 0 Å². The third-order valence-electron chi connectivity index (χ3n) is 3.46. The van der Waals surface area contributed by atoms with Gasteiger partial charge in [-0.3, -0.25) is 4.90 Å². The van der Waals surface area contributed by atoms with Crippen LogP contribution in [0.2, 0.25) is 0 Å². The van der Waals surface area contributed by atoms with E-state index >= 15 is 0 Å². The summed E-state index contributed by atoms with van der Waals surface area (Å²) in [6.45, 7) is 11.6. The fourth-order valence-corrected chi connectivity index (χ4v) is 2.50.